The summed E-state index contributed by atoms with van der Waals surface area (Å²) in [4.78, 5) is 18.2. The van der Waals surface area contributed by atoms with Crippen LogP contribution in [0.25, 0.3) is 11.4 Å². The molecule has 1 aromatic heterocycles. The topological polar surface area (TPSA) is 45.8 Å². The summed E-state index contributed by atoms with van der Waals surface area (Å²) >= 11 is 9.28. The largest absolute Gasteiger partial charge is 0.307 e. The van der Waals surface area contributed by atoms with E-state index >= 15 is 0 Å². The van der Waals surface area contributed by atoms with E-state index in [-0.39, 0.29) is 5.56 Å². The second kappa shape index (κ2) is 4.39. The molecule has 1 heterocycles. The van der Waals surface area contributed by atoms with E-state index in [1.54, 1.807) is 13.0 Å². The highest BCUT2D eigenvalue weighted by Gasteiger charge is 2.04. The Labute approximate surface area is 106 Å². The van der Waals surface area contributed by atoms with Crippen LogP contribution in [0, 0.1) is 6.92 Å². The van der Waals surface area contributed by atoms with Gasteiger partial charge in [0, 0.05) is 21.8 Å². The Hall–Kier alpha value is -1.13. The van der Waals surface area contributed by atoms with Crippen molar-refractivity contribution in [3.05, 3.63) is 49.8 Å². The van der Waals surface area contributed by atoms with E-state index < -0.39 is 0 Å². The molecule has 0 fully saturated rings. The molecule has 0 aliphatic rings. The first-order valence-electron chi connectivity index (χ1n) is 4.59. The van der Waals surface area contributed by atoms with Crippen molar-refractivity contribution >= 4 is 27.5 Å². The quantitative estimate of drug-likeness (QED) is 0.879. The van der Waals surface area contributed by atoms with Gasteiger partial charge in [-0.2, -0.15) is 0 Å². The van der Waals surface area contributed by atoms with Gasteiger partial charge in [0.15, 0.2) is 0 Å². The van der Waals surface area contributed by atoms with Crippen LogP contribution in [0.3, 0.4) is 0 Å². The van der Waals surface area contributed by atoms with Crippen LogP contribution in [0.5, 0.6) is 0 Å². The zero-order valence-electron chi connectivity index (χ0n) is 8.42. The number of nitrogens with one attached hydrogen (secondary N) is 1. The molecule has 82 valence electrons. The molecule has 0 unspecified atom stereocenters. The summed E-state index contributed by atoms with van der Waals surface area (Å²) in [5, 5.41) is 0.585. The van der Waals surface area contributed by atoms with E-state index in [1.165, 1.54) is 6.07 Å². The fourth-order valence-corrected chi connectivity index (χ4v) is 1.79. The molecule has 5 heteroatoms. The van der Waals surface area contributed by atoms with Crippen LogP contribution in [0.2, 0.25) is 5.02 Å². The van der Waals surface area contributed by atoms with Gasteiger partial charge in [0.05, 0.1) is 5.02 Å². The number of H-pyrrole nitrogens is 1. The van der Waals surface area contributed by atoms with Crippen LogP contribution in [0.4, 0.5) is 0 Å². The summed E-state index contributed by atoms with van der Waals surface area (Å²) in [5.41, 5.74) is 1.30. The fraction of sp³-hybridized carbons (Fsp3) is 0.0909. The number of aryl methyl sites for hydroxylation is 1. The summed E-state index contributed by atoms with van der Waals surface area (Å²) in [6.07, 6.45) is 0. The van der Waals surface area contributed by atoms with Gasteiger partial charge in [0.2, 0.25) is 0 Å². The second-order valence-electron chi connectivity index (χ2n) is 3.36. The third-order valence-corrected chi connectivity index (χ3v) is 3.30. The minimum absolute atomic E-state index is 0.165. The maximum Gasteiger partial charge on any atom is 0.251 e. The first-order chi connectivity index (χ1) is 7.56. The summed E-state index contributed by atoms with van der Waals surface area (Å²) in [7, 11) is 0. The van der Waals surface area contributed by atoms with Crippen molar-refractivity contribution in [1.29, 1.82) is 0 Å². The third-order valence-electron chi connectivity index (χ3n) is 2.06. The van der Waals surface area contributed by atoms with Gasteiger partial charge >= 0.3 is 0 Å². The SMILES string of the molecule is Cc1cc(=O)[nH]c(-c2ccc(Br)c(Cl)c2)n1. The lowest BCUT2D eigenvalue weighted by molar-refractivity contribution is 1.07. The van der Waals surface area contributed by atoms with Gasteiger partial charge in [-0.25, -0.2) is 4.98 Å². The van der Waals surface area contributed by atoms with Crippen molar-refractivity contribution < 1.29 is 0 Å². The van der Waals surface area contributed by atoms with E-state index in [1.807, 2.05) is 12.1 Å². The monoisotopic (exact) mass is 298 g/mol. The molecule has 0 aliphatic carbocycles. The highest BCUT2D eigenvalue weighted by molar-refractivity contribution is 9.10. The Morgan fingerprint density at radius 3 is 2.75 bits per heavy atom. The molecule has 0 aliphatic heterocycles. The normalized spacial score (nSPS) is 10.4. The van der Waals surface area contributed by atoms with Crippen LogP contribution in [-0.2, 0) is 0 Å². The number of hydrogen-bond acceptors (Lipinski definition) is 2. The Bertz CT molecular complexity index is 595. The van der Waals surface area contributed by atoms with Gasteiger partial charge in [-0.15, -0.1) is 0 Å². The average molecular weight is 300 g/mol. The van der Waals surface area contributed by atoms with E-state index in [4.69, 9.17) is 11.6 Å². The zero-order valence-corrected chi connectivity index (χ0v) is 10.8. The van der Waals surface area contributed by atoms with Crippen molar-refractivity contribution in [2.24, 2.45) is 0 Å². The summed E-state index contributed by atoms with van der Waals surface area (Å²) in [6, 6.07) is 6.86. The predicted molar refractivity (Wildman–Crippen MR) is 67.7 cm³/mol. The lowest BCUT2D eigenvalue weighted by Crippen LogP contribution is -2.08. The highest BCUT2D eigenvalue weighted by atomic mass is 79.9. The molecule has 16 heavy (non-hydrogen) atoms. The molecule has 0 saturated heterocycles. The molecule has 0 spiro atoms. The molecular weight excluding hydrogens is 291 g/mol. The smallest absolute Gasteiger partial charge is 0.251 e. The van der Waals surface area contributed by atoms with Gasteiger partial charge in [-0.3, -0.25) is 4.79 Å². The third kappa shape index (κ3) is 2.33. The maximum absolute atomic E-state index is 11.3. The molecule has 3 nitrogen and oxygen atoms in total. The van der Waals surface area contributed by atoms with Crippen molar-refractivity contribution in [2.75, 3.05) is 0 Å². The molecule has 0 radical (unpaired) electrons. The van der Waals surface area contributed by atoms with Gasteiger partial charge in [-0.1, -0.05) is 17.7 Å². The van der Waals surface area contributed by atoms with Crippen molar-refractivity contribution in [3.63, 3.8) is 0 Å². The van der Waals surface area contributed by atoms with Gasteiger partial charge in [0.25, 0.3) is 5.56 Å². The van der Waals surface area contributed by atoms with Crippen LogP contribution >= 0.6 is 27.5 Å². The molecule has 0 atom stereocenters. The van der Waals surface area contributed by atoms with E-state index in [2.05, 4.69) is 25.9 Å². The Morgan fingerprint density at radius 2 is 2.12 bits per heavy atom. The molecule has 0 amide bonds. The summed E-state index contributed by atoms with van der Waals surface area (Å²) in [5.74, 6) is 0.527. The van der Waals surface area contributed by atoms with Gasteiger partial charge in [0.1, 0.15) is 5.82 Å². The Morgan fingerprint density at radius 1 is 1.38 bits per heavy atom. The lowest BCUT2D eigenvalue weighted by Gasteiger charge is -2.03. The predicted octanol–water partition coefficient (Wildman–Crippen LogP) is 3.16. The van der Waals surface area contributed by atoms with Crippen LogP contribution in [0.1, 0.15) is 5.69 Å². The standard InChI is InChI=1S/C11H8BrClN2O/c1-6-4-10(16)15-11(14-6)7-2-3-8(12)9(13)5-7/h2-5H,1H3,(H,14,15,16). The molecule has 0 bridgehead atoms. The maximum atomic E-state index is 11.3. The number of halogens is 2. The number of aromatic amines is 1. The van der Waals surface area contributed by atoms with E-state index in [9.17, 15) is 4.79 Å². The number of hydrogen-bond donors (Lipinski definition) is 1. The van der Waals surface area contributed by atoms with Gasteiger partial charge in [-0.05, 0) is 35.0 Å². The summed E-state index contributed by atoms with van der Waals surface area (Å²) < 4.78 is 0.813. The number of benzene rings is 1. The number of aromatic nitrogens is 2. The Balaban J connectivity index is 2.58. The van der Waals surface area contributed by atoms with Crippen molar-refractivity contribution in [1.82, 2.24) is 9.97 Å². The van der Waals surface area contributed by atoms with Gasteiger partial charge < -0.3 is 4.98 Å². The number of rotatable bonds is 1. The van der Waals surface area contributed by atoms with Crippen molar-refractivity contribution in [2.45, 2.75) is 6.92 Å². The average Bonchev–Trinajstić information content (AvgIpc) is 2.20. The number of nitrogens with zero attached hydrogens (tertiary/aromatic N) is 1. The minimum atomic E-state index is -0.165. The van der Waals surface area contributed by atoms with E-state index in [0.717, 1.165) is 10.0 Å². The second-order valence-corrected chi connectivity index (χ2v) is 4.63. The summed E-state index contributed by atoms with van der Waals surface area (Å²) in [6.45, 7) is 1.78. The van der Waals surface area contributed by atoms with E-state index in [0.29, 0.717) is 16.5 Å². The van der Waals surface area contributed by atoms with Crippen molar-refractivity contribution in [3.8, 4) is 11.4 Å². The zero-order chi connectivity index (χ0) is 11.7. The highest BCUT2D eigenvalue weighted by Crippen LogP contribution is 2.26. The Kier molecular flexibility index (Phi) is 3.12. The molecule has 2 aromatic rings. The minimum Gasteiger partial charge on any atom is -0.307 e. The molecule has 1 N–H and O–H groups in total. The molecular formula is C11H8BrClN2O. The van der Waals surface area contributed by atoms with Crippen LogP contribution in [0.15, 0.2) is 33.5 Å². The van der Waals surface area contributed by atoms with Crippen LogP contribution < -0.4 is 5.56 Å². The fourth-order valence-electron chi connectivity index (χ4n) is 1.36. The molecule has 1 aromatic carbocycles. The van der Waals surface area contributed by atoms with Crippen LogP contribution in [-0.4, -0.2) is 9.97 Å². The molecule has 2 rings (SSSR count). The first-order valence-corrected chi connectivity index (χ1v) is 5.77. The molecule has 0 saturated carbocycles. The lowest BCUT2D eigenvalue weighted by atomic mass is 10.2. The first kappa shape index (κ1) is 11.4.